The first-order chi connectivity index (χ1) is 12.7. The molecule has 3 aromatic rings. The Kier molecular flexibility index (Phi) is 3.66. The Hall–Kier alpha value is -2.17. The molecule has 0 radical (unpaired) electrons. The number of aryl methyl sites for hydroxylation is 2. The molecule has 0 saturated heterocycles. The first kappa shape index (κ1) is 16.0. The summed E-state index contributed by atoms with van der Waals surface area (Å²) in [5.41, 5.74) is 5.76. The molecule has 4 heterocycles. The summed E-state index contributed by atoms with van der Waals surface area (Å²) >= 11 is 0. The lowest BCUT2D eigenvalue weighted by atomic mass is 9.81. The molecule has 2 atom stereocenters. The van der Waals surface area contributed by atoms with E-state index in [2.05, 4.69) is 40.0 Å². The number of hydrogen-bond acceptors (Lipinski definition) is 3. The van der Waals surface area contributed by atoms with E-state index in [1.54, 1.807) is 12.4 Å². The zero-order chi connectivity index (χ0) is 17.7. The Morgan fingerprint density at radius 2 is 2.08 bits per heavy atom. The van der Waals surface area contributed by atoms with Gasteiger partial charge in [0, 0.05) is 48.0 Å². The summed E-state index contributed by atoms with van der Waals surface area (Å²) in [6.07, 6.45) is 6.12. The van der Waals surface area contributed by atoms with Crippen LogP contribution in [-0.4, -0.2) is 27.7 Å². The highest BCUT2D eigenvalue weighted by atomic mass is 16.3. The Labute approximate surface area is 153 Å². The van der Waals surface area contributed by atoms with E-state index < -0.39 is 5.60 Å². The monoisotopic (exact) mass is 347 g/mol. The minimum Gasteiger partial charge on any atom is -0.385 e. The molecule has 0 aliphatic carbocycles. The van der Waals surface area contributed by atoms with Gasteiger partial charge in [-0.15, -0.1) is 0 Å². The van der Waals surface area contributed by atoms with Crippen molar-refractivity contribution < 1.29 is 5.11 Å². The van der Waals surface area contributed by atoms with Crippen molar-refractivity contribution in [3.05, 3.63) is 65.1 Å². The topological polar surface area (TPSA) is 50.1 Å². The summed E-state index contributed by atoms with van der Waals surface area (Å²) < 4.78 is 2.49. The van der Waals surface area contributed by atoms with E-state index in [-0.39, 0.29) is 0 Å². The first-order valence-corrected chi connectivity index (χ1v) is 9.61. The second-order valence-electron chi connectivity index (χ2n) is 7.91. The first-order valence-electron chi connectivity index (χ1n) is 9.61. The third-order valence-electron chi connectivity index (χ3n) is 6.25. The Bertz CT molecular complexity index is 962. The quantitative estimate of drug-likeness (QED) is 0.710. The van der Waals surface area contributed by atoms with Gasteiger partial charge in [-0.25, -0.2) is 0 Å². The lowest BCUT2D eigenvalue weighted by Gasteiger charge is -2.30. The van der Waals surface area contributed by atoms with E-state index in [0.717, 1.165) is 44.5 Å². The minimum atomic E-state index is -0.799. The molecule has 4 nitrogen and oxygen atoms in total. The van der Waals surface area contributed by atoms with Crippen molar-refractivity contribution in [1.82, 2.24) is 14.9 Å². The Morgan fingerprint density at radius 3 is 2.92 bits per heavy atom. The number of benzene rings is 1. The van der Waals surface area contributed by atoms with Crippen LogP contribution in [0, 0.1) is 6.92 Å². The molecule has 2 N–H and O–H groups in total. The average Bonchev–Trinajstić information content (AvgIpc) is 2.76. The standard InChI is InChI=1S/C22H25N3O/c1-15-2-3-20-19(12-15)18-6-10-24-14-16-13-22(26,7-11-25(20)21(16)18)17-4-8-23-9-5-17/h2-5,8-9,12,16,24,26H,6-7,10-11,13-14H2,1H3. The van der Waals surface area contributed by atoms with Crippen LogP contribution in [0.15, 0.2) is 42.7 Å². The molecule has 0 spiro atoms. The number of pyridine rings is 1. The van der Waals surface area contributed by atoms with Crippen LogP contribution >= 0.6 is 0 Å². The number of aromatic nitrogens is 2. The van der Waals surface area contributed by atoms with Gasteiger partial charge in [0.15, 0.2) is 0 Å². The van der Waals surface area contributed by atoms with E-state index in [1.165, 1.54) is 27.7 Å². The molecule has 0 amide bonds. The van der Waals surface area contributed by atoms with Gasteiger partial charge in [0.2, 0.25) is 0 Å². The molecule has 2 aromatic heterocycles. The van der Waals surface area contributed by atoms with Crippen LogP contribution in [0.2, 0.25) is 0 Å². The fourth-order valence-electron chi connectivity index (χ4n) is 5.01. The van der Waals surface area contributed by atoms with Crippen LogP contribution in [0.4, 0.5) is 0 Å². The molecule has 2 unspecified atom stereocenters. The highest BCUT2D eigenvalue weighted by molar-refractivity contribution is 5.86. The van der Waals surface area contributed by atoms with Crippen LogP contribution < -0.4 is 5.32 Å². The van der Waals surface area contributed by atoms with Gasteiger partial charge >= 0.3 is 0 Å². The lowest BCUT2D eigenvalue weighted by Crippen LogP contribution is -2.30. The van der Waals surface area contributed by atoms with Crippen molar-refractivity contribution in [3.8, 4) is 0 Å². The molecular weight excluding hydrogens is 322 g/mol. The minimum absolute atomic E-state index is 0.320. The molecule has 134 valence electrons. The lowest BCUT2D eigenvalue weighted by molar-refractivity contribution is 0.0129. The normalized spacial score (nSPS) is 25.5. The van der Waals surface area contributed by atoms with Gasteiger partial charge in [-0.05, 0) is 68.1 Å². The van der Waals surface area contributed by atoms with Crippen molar-refractivity contribution >= 4 is 10.9 Å². The maximum absolute atomic E-state index is 11.6. The molecule has 0 bridgehead atoms. The number of fused-ring (bicyclic) bond motifs is 3. The third-order valence-corrected chi connectivity index (χ3v) is 6.25. The van der Waals surface area contributed by atoms with Crippen LogP contribution in [0.5, 0.6) is 0 Å². The molecule has 1 aromatic carbocycles. The fourth-order valence-corrected chi connectivity index (χ4v) is 5.01. The number of nitrogens with one attached hydrogen (secondary N) is 1. The smallest absolute Gasteiger partial charge is 0.0921 e. The van der Waals surface area contributed by atoms with Gasteiger partial charge in [-0.1, -0.05) is 11.6 Å². The van der Waals surface area contributed by atoms with Crippen molar-refractivity contribution in [3.63, 3.8) is 0 Å². The molecule has 2 aliphatic rings. The van der Waals surface area contributed by atoms with E-state index >= 15 is 0 Å². The van der Waals surface area contributed by atoms with Gasteiger partial charge in [0.1, 0.15) is 0 Å². The third kappa shape index (κ3) is 2.40. The van der Waals surface area contributed by atoms with E-state index in [4.69, 9.17) is 0 Å². The highest BCUT2D eigenvalue weighted by Crippen LogP contribution is 2.44. The van der Waals surface area contributed by atoms with Crippen LogP contribution in [0.25, 0.3) is 10.9 Å². The van der Waals surface area contributed by atoms with E-state index in [9.17, 15) is 5.11 Å². The Balaban J connectivity index is 1.68. The maximum Gasteiger partial charge on any atom is 0.0921 e. The SMILES string of the molecule is Cc1ccc2c(c1)c1c3n2CCC(O)(c2ccncc2)CC3CNCC1. The molecule has 0 fully saturated rings. The Morgan fingerprint density at radius 1 is 1.23 bits per heavy atom. The number of nitrogens with zero attached hydrogens (tertiary/aromatic N) is 2. The van der Waals surface area contributed by atoms with Crippen molar-refractivity contribution in [2.45, 2.75) is 44.2 Å². The predicted octanol–water partition coefficient (Wildman–Crippen LogP) is 3.26. The molecule has 4 heteroatoms. The van der Waals surface area contributed by atoms with Gasteiger partial charge in [-0.2, -0.15) is 0 Å². The van der Waals surface area contributed by atoms with Crippen molar-refractivity contribution in [2.24, 2.45) is 0 Å². The van der Waals surface area contributed by atoms with Gasteiger partial charge in [0.25, 0.3) is 0 Å². The largest absolute Gasteiger partial charge is 0.385 e. The summed E-state index contributed by atoms with van der Waals surface area (Å²) in [4.78, 5) is 4.12. The maximum atomic E-state index is 11.6. The number of rotatable bonds is 1. The van der Waals surface area contributed by atoms with Gasteiger partial charge in [-0.3, -0.25) is 4.98 Å². The molecular formula is C22H25N3O. The van der Waals surface area contributed by atoms with Crippen LogP contribution in [-0.2, 0) is 18.6 Å². The summed E-state index contributed by atoms with van der Waals surface area (Å²) in [7, 11) is 0. The zero-order valence-electron chi connectivity index (χ0n) is 15.2. The number of aliphatic hydroxyl groups is 1. The molecule has 26 heavy (non-hydrogen) atoms. The van der Waals surface area contributed by atoms with E-state index in [0.29, 0.717) is 5.92 Å². The summed E-state index contributed by atoms with van der Waals surface area (Å²) in [5, 5.41) is 16.6. The second-order valence-corrected chi connectivity index (χ2v) is 7.91. The molecule has 0 saturated carbocycles. The average molecular weight is 347 g/mol. The summed E-state index contributed by atoms with van der Waals surface area (Å²) in [6.45, 7) is 4.95. The second kappa shape index (κ2) is 5.93. The highest BCUT2D eigenvalue weighted by Gasteiger charge is 2.39. The molecule has 2 aliphatic heterocycles. The van der Waals surface area contributed by atoms with Gasteiger partial charge < -0.3 is 15.0 Å². The van der Waals surface area contributed by atoms with Crippen LogP contribution in [0.3, 0.4) is 0 Å². The van der Waals surface area contributed by atoms with E-state index in [1.807, 2.05) is 12.1 Å². The summed E-state index contributed by atoms with van der Waals surface area (Å²) in [6, 6.07) is 10.7. The van der Waals surface area contributed by atoms with Crippen molar-refractivity contribution in [2.75, 3.05) is 13.1 Å². The zero-order valence-corrected chi connectivity index (χ0v) is 15.2. The fraction of sp³-hybridized carbons (Fsp3) is 0.409. The number of hydrogen-bond donors (Lipinski definition) is 2. The van der Waals surface area contributed by atoms with Gasteiger partial charge in [0.05, 0.1) is 5.60 Å². The van der Waals surface area contributed by atoms with Crippen molar-refractivity contribution in [1.29, 1.82) is 0 Å². The van der Waals surface area contributed by atoms with Crippen LogP contribution in [0.1, 0.15) is 41.1 Å². The predicted molar refractivity (Wildman–Crippen MR) is 103 cm³/mol. The molecule has 5 rings (SSSR count). The summed E-state index contributed by atoms with van der Waals surface area (Å²) in [5.74, 6) is 0.320.